The average molecular weight is 477 g/mol. The fourth-order valence-electron chi connectivity index (χ4n) is 4.16. The average Bonchev–Trinajstić information content (AvgIpc) is 2.92. The zero-order chi connectivity index (χ0) is 24.0. The molecule has 0 aliphatic rings. The van der Waals surface area contributed by atoms with Crippen LogP contribution in [0.1, 0.15) is 35.2 Å². The fraction of sp³-hybridized carbons (Fsp3) is 0.0968. The highest BCUT2D eigenvalue weighted by Gasteiger charge is 2.20. The molecule has 35 heavy (non-hydrogen) atoms. The Balaban J connectivity index is 1.62. The van der Waals surface area contributed by atoms with E-state index in [1.165, 1.54) is 0 Å². The summed E-state index contributed by atoms with van der Waals surface area (Å²) in [5.74, 6) is 0.713. The van der Waals surface area contributed by atoms with Crippen molar-refractivity contribution in [3.8, 4) is 5.75 Å². The standard InChI is InChI=1S/C31H25ClN2O/c1-22(34-29(24-14-7-3-8-15-24)25-16-9-4-10-17-25)27-20-28(32)26-18-11-19-33-30(26)31(27)35-21-23-12-5-2-6-13-23/h2-20,22H,21H2,1H3. The molecule has 0 spiro atoms. The smallest absolute Gasteiger partial charge is 0.151 e. The predicted octanol–water partition coefficient (Wildman–Crippen LogP) is 8.07. The van der Waals surface area contributed by atoms with Crippen molar-refractivity contribution < 1.29 is 4.74 Å². The summed E-state index contributed by atoms with van der Waals surface area (Å²) in [7, 11) is 0. The van der Waals surface area contributed by atoms with Crippen LogP contribution in [0, 0.1) is 0 Å². The van der Waals surface area contributed by atoms with Crippen molar-refractivity contribution in [1.82, 2.24) is 4.98 Å². The molecular weight excluding hydrogens is 452 g/mol. The van der Waals surface area contributed by atoms with Gasteiger partial charge in [-0.3, -0.25) is 9.98 Å². The van der Waals surface area contributed by atoms with Gasteiger partial charge in [-0.15, -0.1) is 0 Å². The molecule has 172 valence electrons. The number of ether oxygens (including phenoxy) is 1. The molecule has 1 aromatic heterocycles. The SMILES string of the molecule is CC(N=C(c1ccccc1)c1ccccc1)c1cc(Cl)c2cccnc2c1OCc1ccccc1. The topological polar surface area (TPSA) is 34.5 Å². The Kier molecular flexibility index (Phi) is 6.87. The molecule has 0 fully saturated rings. The molecule has 3 nitrogen and oxygen atoms in total. The van der Waals surface area contributed by atoms with Gasteiger partial charge in [0.2, 0.25) is 0 Å². The van der Waals surface area contributed by atoms with E-state index >= 15 is 0 Å². The van der Waals surface area contributed by atoms with Gasteiger partial charge >= 0.3 is 0 Å². The first kappa shape index (κ1) is 22.8. The van der Waals surface area contributed by atoms with Crippen molar-refractivity contribution in [3.05, 3.63) is 143 Å². The summed E-state index contributed by atoms with van der Waals surface area (Å²) >= 11 is 6.72. The lowest BCUT2D eigenvalue weighted by Gasteiger charge is -2.19. The number of nitrogens with zero attached hydrogens (tertiary/aromatic N) is 2. The van der Waals surface area contributed by atoms with E-state index < -0.39 is 0 Å². The van der Waals surface area contributed by atoms with Crippen LogP contribution < -0.4 is 4.74 Å². The quantitative estimate of drug-likeness (QED) is 0.222. The third kappa shape index (κ3) is 5.11. The summed E-state index contributed by atoms with van der Waals surface area (Å²) in [4.78, 5) is 9.84. The monoisotopic (exact) mass is 476 g/mol. The molecular formula is C31H25ClN2O. The van der Waals surface area contributed by atoms with Crippen LogP contribution in [0.25, 0.3) is 10.9 Å². The second kappa shape index (κ2) is 10.5. The van der Waals surface area contributed by atoms with Crippen LogP contribution >= 0.6 is 11.6 Å². The van der Waals surface area contributed by atoms with Gasteiger partial charge in [0.1, 0.15) is 12.1 Å². The zero-order valence-electron chi connectivity index (χ0n) is 19.4. The number of rotatable bonds is 7. The maximum atomic E-state index is 6.72. The van der Waals surface area contributed by atoms with Gasteiger partial charge in [0.25, 0.3) is 0 Å². The minimum Gasteiger partial charge on any atom is -0.486 e. The molecule has 5 aromatic rings. The summed E-state index contributed by atoms with van der Waals surface area (Å²) in [5, 5.41) is 1.50. The Labute approximate surface area is 210 Å². The maximum absolute atomic E-state index is 6.72. The number of aliphatic imine (C=N–C) groups is 1. The molecule has 0 radical (unpaired) electrons. The van der Waals surface area contributed by atoms with E-state index in [0.717, 1.165) is 38.9 Å². The Morgan fingerprint density at radius 3 is 2.06 bits per heavy atom. The second-order valence-corrected chi connectivity index (χ2v) is 8.74. The Morgan fingerprint density at radius 1 is 0.829 bits per heavy atom. The lowest BCUT2D eigenvalue weighted by molar-refractivity contribution is 0.305. The van der Waals surface area contributed by atoms with Crippen molar-refractivity contribution in [2.24, 2.45) is 4.99 Å². The van der Waals surface area contributed by atoms with Gasteiger partial charge in [-0.2, -0.15) is 0 Å². The van der Waals surface area contributed by atoms with Crippen molar-refractivity contribution in [3.63, 3.8) is 0 Å². The number of aromatic nitrogens is 1. The number of halogens is 1. The first-order valence-electron chi connectivity index (χ1n) is 11.6. The zero-order valence-corrected chi connectivity index (χ0v) is 20.2. The van der Waals surface area contributed by atoms with Gasteiger partial charge < -0.3 is 4.74 Å². The number of hydrogen-bond acceptors (Lipinski definition) is 3. The first-order chi connectivity index (χ1) is 17.2. The number of hydrogen-bond donors (Lipinski definition) is 0. The number of benzene rings is 4. The molecule has 5 rings (SSSR count). The molecule has 0 aliphatic heterocycles. The van der Waals surface area contributed by atoms with E-state index in [4.69, 9.17) is 21.3 Å². The Morgan fingerprint density at radius 2 is 1.43 bits per heavy atom. The predicted molar refractivity (Wildman–Crippen MR) is 144 cm³/mol. The van der Waals surface area contributed by atoms with Crippen LogP contribution in [0.5, 0.6) is 5.75 Å². The first-order valence-corrected chi connectivity index (χ1v) is 12.0. The molecule has 4 heteroatoms. The van der Waals surface area contributed by atoms with Crippen LogP contribution in [0.3, 0.4) is 0 Å². The van der Waals surface area contributed by atoms with Gasteiger partial charge in [-0.05, 0) is 30.7 Å². The van der Waals surface area contributed by atoms with Crippen LogP contribution in [0.15, 0.2) is 120 Å². The molecule has 1 unspecified atom stereocenters. The van der Waals surface area contributed by atoms with E-state index in [1.807, 2.05) is 72.8 Å². The van der Waals surface area contributed by atoms with E-state index in [9.17, 15) is 0 Å². The van der Waals surface area contributed by atoms with Crippen molar-refractivity contribution in [2.75, 3.05) is 0 Å². The molecule has 0 amide bonds. The van der Waals surface area contributed by atoms with Gasteiger partial charge in [-0.25, -0.2) is 0 Å². The molecule has 0 bridgehead atoms. The van der Waals surface area contributed by atoms with E-state index in [1.54, 1.807) is 6.20 Å². The molecule has 0 aliphatic carbocycles. The molecule has 0 saturated carbocycles. The normalized spacial score (nSPS) is 11.7. The molecule has 1 atom stereocenters. The molecule has 0 saturated heterocycles. The maximum Gasteiger partial charge on any atom is 0.151 e. The van der Waals surface area contributed by atoms with E-state index in [2.05, 4.69) is 48.3 Å². The summed E-state index contributed by atoms with van der Waals surface area (Å²) in [5.41, 5.74) is 5.77. The molecule has 4 aromatic carbocycles. The van der Waals surface area contributed by atoms with E-state index in [-0.39, 0.29) is 6.04 Å². The van der Waals surface area contributed by atoms with Crippen LogP contribution in [-0.2, 0) is 6.61 Å². The minimum atomic E-state index is -0.222. The lowest BCUT2D eigenvalue weighted by Crippen LogP contribution is -2.07. The van der Waals surface area contributed by atoms with Crippen molar-refractivity contribution in [2.45, 2.75) is 19.6 Å². The summed E-state index contributed by atoms with van der Waals surface area (Å²) in [6.07, 6.45) is 1.77. The highest BCUT2D eigenvalue weighted by atomic mass is 35.5. The Bertz CT molecular complexity index is 1410. The molecule has 0 N–H and O–H groups in total. The van der Waals surface area contributed by atoms with Crippen LogP contribution in [0.4, 0.5) is 0 Å². The second-order valence-electron chi connectivity index (χ2n) is 8.34. The van der Waals surface area contributed by atoms with E-state index in [0.29, 0.717) is 17.4 Å². The van der Waals surface area contributed by atoms with Gasteiger partial charge in [-0.1, -0.05) is 103 Å². The third-order valence-corrected chi connectivity index (χ3v) is 6.23. The lowest BCUT2D eigenvalue weighted by atomic mass is 10.00. The number of pyridine rings is 1. The van der Waals surface area contributed by atoms with Crippen LogP contribution in [0.2, 0.25) is 5.02 Å². The number of fused-ring (bicyclic) bond motifs is 1. The van der Waals surface area contributed by atoms with Crippen molar-refractivity contribution in [1.29, 1.82) is 0 Å². The third-order valence-electron chi connectivity index (χ3n) is 5.92. The largest absolute Gasteiger partial charge is 0.486 e. The molecule has 1 heterocycles. The van der Waals surface area contributed by atoms with Crippen molar-refractivity contribution >= 4 is 28.2 Å². The fourth-order valence-corrected chi connectivity index (χ4v) is 4.43. The summed E-state index contributed by atoms with van der Waals surface area (Å²) < 4.78 is 6.42. The highest BCUT2D eigenvalue weighted by Crippen LogP contribution is 2.39. The van der Waals surface area contributed by atoms with Gasteiger partial charge in [0.05, 0.1) is 16.8 Å². The minimum absolute atomic E-state index is 0.222. The summed E-state index contributed by atoms with van der Waals surface area (Å²) in [6.45, 7) is 2.50. The Hall–Kier alpha value is -3.95. The van der Waals surface area contributed by atoms with Crippen LogP contribution in [-0.4, -0.2) is 10.7 Å². The van der Waals surface area contributed by atoms with Gasteiger partial charge in [0.15, 0.2) is 5.75 Å². The van der Waals surface area contributed by atoms with Gasteiger partial charge in [0, 0.05) is 28.3 Å². The summed E-state index contributed by atoms with van der Waals surface area (Å²) in [6, 6.07) is 36.2. The highest BCUT2D eigenvalue weighted by molar-refractivity contribution is 6.35.